The topological polar surface area (TPSA) is 119 Å². The van der Waals surface area contributed by atoms with Crippen molar-refractivity contribution in [1.82, 2.24) is 5.06 Å². The number of hydrogen-bond acceptors (Lipinski definition) is 10. The number of rotatable bonds is 5. The Labute approximate surface area is 167 Å². The molecule has 4 fully saturated rings. The van der Waals surface area contributed by atoms with Gasteiger partial charge in [0.2, 0.25) is 0 Å². The molecule has 162 valence electrons. The second-order valence-corrected chi connectivity index (χ2v) is 8.26. The molecular weight excluding hydrogens is 390 g/mol. The quantitative estimate of drug-likeness (QED) is 0.568. The molecule has 4 rings (SSSR count). The van der Waals surface area contributed by atoms with Gasteiger partial charge in [0.1, 0.15) is 31.0 Å². The van der Waals surface area contributed by atoms with Gasteiger partial charge in [-0.05, 0) is 27.7 Å². The van der Waals surface area contributed by atoms with E-state index in [4.69, 9.17) is 33.3 Å². The first-order valence-electron chi connectivity index (χ1n) is 9.56. The highest BCUT2D eigenvalue weighted by Crippen LogP contribution is 2.41. The lowest BCUT2D eigenvalue weighted by Gasteiger charge is -2.28. The average Bonchev–Trinajstić information content (AvgIpc) is 3.31. The minimum Gasteiger partial charge on any atom is -0.361 e. The third-order valence-electron chi connectivity index (χ3n) is 5.02. The van der Waals surface area contributed by atoms with Crippen LogP contribution in [0, 0.1) is 0 Å². The van der Waals surface area contributed by atoms with Gasteiger partial charge < -0.3 is 33.3 Å². The van der Waals surface area contributed by atoms with Gasteiger partial charge in [-0.15, -0.1) is 5.06 Å². The molecule has 4 aliphatic heterocycles. The number of amides is 2. The Morgan fingerprint density at radius 3 is 2.34 bits per heavy atom. The summed E-state index contributed by atoms with van der Waals surface area (Å²) < 4.78 is 34.8. The van der Waals surface area contributed by atoms with Gasteiger partial charge in [0.05, 0.1) is 6.61 Å². The Bertz CT molecular complexity index is 691. The number of fused-ring (bicyclic) bond motifs is 1. The van der Waals surface area contributed by atoms with Crippen LogP contribution in [-0.2, 0) is 47.6 Å². The molecule has 0 N–H and O–H groups in total. The minimum atomic E-state index is -0.877. The van der Waals surface area contributed by atoms with Gasteiger partial charge in [-0.25, -0.2) is 4.79 Å². The molecule has 0 aliphatic carbocycles. The fourth-order valence-electron chi connectivity index (χ4n) is 3.82. The van der Waals surface area contributed by atoms with E-state index in [1.54, 1.807) is 27.7 Å². The zero-order chi connectivity index (χ0) is 21.0. The van der Waals surface area contributed by atoms with E-state index < -0.39 is 66.7 Å². The lowest BCUT2D eigenvalue weighted by Crippen LogP contribution is -2.45. The highest BCUT2D eigenvalue weighted by atomic mass is 16.9. The molecule has 0 radical (unpaired) electrons. The number of carbonyl (C=O) groups excluding carboxylic acids is 3. The molecule has 11 nitrogen and oxygen atoms in total. The van der Waals surface area contributed by atoms with Crippen molar-refractivity contribution < 1.29 is 47.6 Å². The minimum absolute atomic E-state index is 0.0182. The fourth-order valence-corrected chi connectivity index (χ4v) is 3.82. The first-order chi connectivity index (χ1) is 13.5. The summed E-state index contributed by atoms with van der Waals surface area (Å²) in [5.74, 6) is -3.63. The summed E-state index contributed by atoms with van der Waals surface area (Å²) in [6, 6.07) is 0. The van der Waals surface area contributed by atoms with E-state index in [1.165, 1.54) is 0 Å². The summed E-state index contributed by atoms with van der Waals surface area (Å²) in [6.45, 7) is 6.84. The molecule has 4 aliphatic rings. The molecule has 0 bridgehead atoms. The second kappa shape index (κ2) is 7.25. The van der Waals surface area contributed by atoms with E-state index in [-0.39, 0.29) is 19.4 Å². The molecule has 29 heavy (non-hydrogen) atoms. The first kappa shape index (κ1) is 20.6. The Morgan fingerprint density at radius 1 is 1.03 bits per heavy atom. The maximum atomic E-state index is 12.1. The van der Waals surface area contributed by atoms with E-state index >= 15 is 0 Å². The van der Waals surface area contributed by atoms with Crippen LogP contribution in [0.4, 0.5) is 0 Å². The Balaban J connectivity index is 1.41. The largest absolute Gasteiger partial charge is 0.361 e. The summed E-state index contributed by atoms with van der Waals surface area (Å²) in [6.07, 6.45) is -3.01. The lowest BCUT2D eigenvalue weighted by atomic mass is 10.1. The summed E-state index contributed by atoms with van der Waals surface area (Å²) in [5, 5.41) is 0.478. The molecule has 2 amide bonds. The third-order valence-corrected chi connectivity index (χ3v) is 5.02. The number of hydrogen-bond donors (Lipinski definition) is 0. The summed E-state index contributed by atoms with van der Waals surface area (Å²) >= 11 is 0. The Kier molecular flexibility index (Phi) is 5.16. The average molecular weight is 415 g/mol. The van der Waals surface area contributed by atoms with Gasteiger partial charge in [0.15, 0.2) is 17.9 Å². The van der Waals surface area contributed by atoms with Crippen molar-refractivity contribution in [2.24, 2.45) is 0 Å². The number of hydroxylamine groups is 2. The van der Waals surface area contributed by atoms with Crippen LogP contribution in [0.5, 0.6) is 0 Å². The molecule has 0 aromatic heterocycles. The Hall–Kier alpha value is -1.63. The lowest BCUT2D eigenvalue weighted by molar-refractivity contribution is -0.237. The molecule has 11 heteroatoms. The van der Waals surface area contributed by atoms with Crippen LogP contribution in [-0.4, -0.2) is 78.3 Å². The fraction of sp³-hybridized carbons (Fsp3) is 0.833. The number of carbonyl (C=O) groups is 3. The van der Waals surface area contributed by atoms with Crippen LogP contribution < -0.4 is 0 Å². The number of nitrogens with zero attached hydrogens (tertiary/aromatic N) is 1. The van der Waals surface area contributed by atoms with Crippen molar-refractivity contribution in [1.29, 1.82) is 0 Å². The summed E-state index contributed by atoms with van der Waals surface area (Å²) in [4.78, 5) is 40.2. The van der Waals surface area contributed by atoms with Gasteiger partial charge >= 0.3 is 5.97 Å². The second-order valence-electron chi connectivity index (χ2n) is 8.26. The maximum Gasteiger partial charge on any atom is 0.358 e. The van der Waals surface area contributed by atoms with Gasteiger partial charge in [0, 0.05) is 12.8 Å². The van der Waals surface area contributed by atoms with Gasteiger partial charge in [-0.2, -0.15) is 0 Å². The molecule has 0 spiro atoms. The van der Waals surface area contributed by atoms with Crippen LogP contribution in [0.3, 0.4) is 0 Å². The van der Waals surface area contributed by atoms with E-state index in [2.05, 4.69) is 0 Å². The van der Waals surface area contributed by atoms with Crippen LogP contribution in [0.2, 0.25) is 0 Å². The maximum absolute atomic E-state index is 12.1. The van der Waals surface area contributed by atoms with E-state index in [9.17, 15) is 14.4 Å². The molecule has 5 atom stereocenters. The van der Waals surface area contributed by atoms with E-state index in [1.807, 2.05) is 0 Å². The van der Waals surface area contributed by atoms with Crippen LogP contribution in [0.25, 0.3) is 0 Å². The van der Waals surface area contributed by atoms with Crippen molar-refractivity contribution >= 4 is 17.8 Å². The summed E-state index contributed by atoms with van der Waals surface area (Å²) in [7, 11) is 0. The van der Waals surface area contributed by atoms with Crippen molar-refractivity contribution in [2.75, 3.05) is 13.2 Å². The number of ether oxygens (including phenoxy) is 6. The van der Waals surface area contributed by atoms with Gasteiger partial charge in [-0.3, -0.25) is 9.59 Å². The normalized spacial score (nSPS) is 37.9. The van der Waals surface area contributed by atoms with Crippen LogP contribution in [0.15, 0.2) is 0 Å². The molecule has 0 aromatic carbocycles. The third kappa shape index (κ3) is 4.16. The molecule has 4 saturated heterocycles. The first-order valence-corrected chi connectivity index (χ1v) is 9.56. The van der Waals surface area contributed by atoms with Crippen LogP contribution >= 0.6 is 0 Å². The van der Waals surface area contributed by atoms with Crippen molar-refractivity contribution in [3.63, 3.8) is 0 Å². The molecule has 0 saturated carbocycles. The predicted octanol–water partition coefficient (Wildman–Crippen LogP) is 0.00670. The monoisotopic (exact) mass is 415 g/mol. The Morgan fingerprint density at radius 2 is 1.72 bits per heavy atom. The zero-order valence-electron chi connectivity index (χ0n) is 16.7. The highest BCUT2D eigenvalue weighted by Gasteiger charge is 2.59. The van der Waals surface area contributed by atoms with E-state index in [0.717, 1.165) is 0 Å². The van der Waals surface area contributed by atoms with Crippen molar-refractivity contribution in [3.05, 3.63) is 0 Å². The smallest absolute Gasteiger partial charge is 0.358 e. The van der Waals surface area contributed by atoms with Crippen LogP contribution in [0.1, 0.15) is 40.5 Å². The van der Waals surface area contributed by atoms with Gasteiger partial charge in [0.25, 0.3) is 11.8 Å². The number of imide groups is 1. The SMILES string of the molecule is CC1(C)OCC([C@H]2O[C@@H]3OC(C)(C)O[C@@H]3[C@H]2OCC(=O)ON2C(=O)CCC2=O)O1. The standard InChI is InChI=1S/C18H25NO10/c1-17(2)24-7-9(26-17)13-14(15-16(25-13)28-18(3,4)27-15)23-8-12(22)29-19-10(20)5-6-11(19)21/h9,13-16H,5-8H2,1-4H3/t9?,13-,14+,15-,16-/m1/s1. The van der Waals surface area contributed by atoms with Gasteiger partial charge in [-0.1, -0.05) is 0 Å². The van der Waals surface area contributed by atoms with Crippen molar-refractivity contribution in [3.8, 4) is 0 Å². The molecular formula is C18H25NO10. The summed E-state index contributed by atoms with van der Waals surface area (Å²) in [5.41, 5.74) is 0. The van der Waals surface area contributed by atoms with E-state index in [0.29, 0.717) is 5.06 Å². The zero-order valence-corrected chi connectivity index (χ0v) is 16.7. The van der Waals surface area contributed by atoms with Crippen molar-refractivity contribution in [2.45, 2.75) is 82.8 Å². The molecule has 1 unspecified atom stereocenters. The predicted molar refractivity (Wildman–Crippen MR) is 90.5 cm³/mol. The molecule has 4 heterocycles. The molecule has 0 aromatic rings. The highest BCUT2D eigenvalue weighted by molar-refractivity contribution is 6.01.